The standard InChI is InChI=1S/C16H28N4O/c1-12(2)15(11-20(3)4)18-14(10-16(17)19-21)13-8-6-5-7-9-13/h5-9,12,14-15,18,21H,10-11H2,1-4H3,(H2,17,19). The molecule has 0 fully saturated rings. The smallest absolute Gasteiger partial charge is 0.141 e. The second kappa shape index (κ2) is 8.64. The molecule has 1 aromatic carbocycles. The lowest BCUT2D eigenvalue weighted by Gasteiger charge is -2.30. The largest absolute Gasteiger partial charge is 0.409 e. The number of benzene rings is 1. The molecule has 0 aliphatic rings. The summed E-state index contributed by atoms with van der Waals surface area (Å²) in [4.78, 5) is 2.17. The summed E-state index contributed by atoms with van der Waals surface area (Å²) in [7, 11) is 4.14. The second-order valence-corrected chi connectivity index (χ2v) is 6.04. The van der Waals surface area contributed by atoms with E-state index in [1.54, 1.807) is 0 Å². The van der Waals surface area contributed by atoms with Crippen molar-refractivity contribution in [2.45, 2.75) is 32.4 Å². The first kappa shape index (κ1) is 17.5. The molecule has 5 nitrogen and oxygen atoms in total. The maximum atomic E-state index is 8.85. The number of amidine groups is 1. The van der Waals surface area contributed by atoms with Crippen LogP contribution in [-0.4, -0.2) is 42.6 Å². The van der Waals surface area contributed by atoms with Gasteiger partial charge in [0, 0.05) is 25.0 Å². The van der Waals surface area contributed by atoms with Crippen molar-refractivity contribution in [2.24, 2.45) is 16.8 Å². The Balaban J connectivity index is 2.90. The molecule has 2 unspecified atom stereocenters. The Morgan fingerprint density at radius 3 is 2.38 bits per heavy atom. The molecule has 5 heteroatoms. The summed E-state index contributed by atoms with van der Waals surface area (Å²) in [5.74, 6) is 0.731. The molecule has 2 atom stereocenters. The molecule has 1 rings (SSSR count). The van der Waals surface area contributed by atoms with Gasteiger partial charge in [-0.3, -0.25) is 0 Å². The summed E-state index contributed by atoms with van der Waals surface area (Å²) in [5.41, 5.74) is 6.86. The fourth-order valence-electron chi connectivity index (χ4n) is 2.32. The van der Waals surface area contributed by atoms with E-state index >= 15 is 0 Å². The first-order valence-electron chi connectivity index (χ1n) is 7.36. The van der Waals surface area contributed by atoms with E-state index in [-0.39, 0.29) is 11.9 Å². The summed E-state index contributed by atoms with van der Waals surface area (Å²) >= 11 is 0. The van der Waals surface area contributed by atoms with Crippen LogP contribution in [0.3, 0.4) is 0 Å². The van der Waals surface area contributed by atoms with E-state index in [4.69, 9.17) is 10.9 Å². The Morgan fingerprint density at radius 1 is 1.29 bits per heavy atom. The molecule has 0 saturated carbocycles. The van der Waals surface area contributed by atoms with Crippen LogP contribution < -0.4 is 11.1 Å². The van der Waals surface area contributed by atoms with Crippen LogP contribution in [0.4, 0.5) is 0 Å². The van der Waals surface area contributed by atoms with Crippen molar-refractivity contribution >= 4 is 5.84 Å². The van der Waals surface area contributed by atoms with Crippen molar-refractivity contribution in [3.63, 3.8) is 0 Å². The zero-order valence-electron chi connectivity index (χ0n) is 13.5. The van der Waals surface area contributed by atoms with E-state index in [1.807, 2.05) is 18.2 Å². The number of hydrogen-bond acceptors (Lipinski definition) is 4. The van der Waals surface area contributed by atoms with Crippen molar-refractivity contribution in [3.8, 4) is 0 Å². The SMILES string of the molecule is CC(C)C(CN(C)C)NC(CC(N)=NO)c1ccccc1. The van der Waals surface area contributed by atoms with Gasteiger partial charge in [0.2, 0.25) is 0 Å². The average molecular weight is 292 g/mol. The molecule has 0 radical (unpaired) electrons. The number of rotatable bonds is 8. The van der Waals surface area contributed by atoms with Crippen LogP contribution in [0.2, 0.25) is 0 Å². The van der Waals surface area contributed by atoms with Gasteiger partial charge < -0.3 is 21.2 Å². The second-order valence-electron chi connectivity index (χ2n) is 6.04. The highest BCUT2D eigenvalue weighted by Gasteiger charge is 2.21. The molecule has 0 spiro atoms. The van der Waals surface area contributed by atoms with Crippen molar-refractivity contribution in [3.05, 3.63) is 35.9 Å². The van der Waals surface area contributed by atoms with E-state index in [9.17, 15) is 0 Å². The molecule has 0 bridgehead atoms. The summed E-state index contributed by atoms with van der Waals surface area (Å²) in [5, 5.41) is 15.6. The normalized spacial score (nSPS) is 15.4. The summed E-state index contributed by atoms with van der Waals surface area (Å²) in [6.07, 6.45) is 0.483. The van der Waals surface area contributed by atoms with Crippen LogP contribution in [-0.2, 0) is 0 Å². The predicted molar refractivity (Wildman–Crippen MR) is 87.5 cm³/mol. The molecule has 1 aromatic rings. The number of nitrogens with two attached hydrogens (primary N) is 1. The zero-order chi connectivity index (χ0) is 15.8. The van der Waals surface area contributed by atoms with Crippen molar-refractivity contribution in [1.29, 1.82) is 0 Å². The molecule has 0 heterocycles. The Labute approximate surface area is 127 Å². The van der Waals surface area contributed by atoms with E-state index in [0.717, 1.165) is 12.1 Å². The van der Waals surface area contributed by atoms with Crippen LogP contribution in [0, 0.1) is 5.92 Å². The molecule has 0 saturated heterocycles. The minimum atomic E-state index is 0.0365. The molecule has 0 aliphatic heterocycles. The first-order valence-corrected chi connectivity index (χ1v) is 7.36. The maximum Gasteiger partial charge on any atom is 0.141 e. The van der Waals surface area contributed by atoms with E-state index in [1.165, 1.54) is 0 Å². The lowest BCUT2D eigenvalue weighted by atomic mass is 9.98. The molecule has 118 valence electrons. The van der Waals surface area contributed by atoms with E-state index < -0.39 is 0 Å². The van der Waals surface area contributed by atoms with Crippen LogP contribution in [0.15, 0.2) is 35.5 Å². The third kappa shape index (κ3) is 6.14. The van der Waals surface area contributed by atoms with Gasteiger partial charge in [0.1, 0.15) is 5.84 Å². The third-order valence-electron chi connectivity index (χ3n) is 3.53. The van der Waals surface area contributed by atoms with Gasteiger partial charge in [-0.2, -0.15) is 0 Å². The summed E-state index contributed by atoms with van der Waals surface area (Å²) in [6.45, 7) is 5.34. The number of likely N-dealkylation sites (N-methyl/N-ethyl adjacent to an activating group) is 1. The number of oxime groups is 1. The number of hydrogen-bond donors (Lipinski definition) is 3. The predicted octanol–water partition coefficient (Wildman–Crippen LogP) is 2.04. The third-order valence-corrected chi connectivity index (χ3v) is 3.53. The molecule has 21 heavy (non-hydrogen) atoms. The molecular weight excluding hydrogens is 264 g/mol. The topological polar surface area (TPSA) is 73.9 Å². The molecule has 0 aromatic heterocycles. The van der Waals surface area contributed by atoms with Crippen LogP contribution in [0.5, 0.6) is 0 Å². The average Bonchev–Trinajstić information content (AvgIpc) is 2.45. The van der Waals surface area contributed by atoms with Crippen molar-refractivity contribution < 1.29 is 5.21 Å². The van der Waals surface area contributed by atoms with Crippen LogP contribution >= 0.6 is 0 Å². The first-order chi connectivity index (χ1) is 9.93. The quantitative estimate of drug-likeness (QED) is 0.297. The van der Waals surface area contributed by atoms with Gasteiger partial charge in [0.15, 0.2) is 0 Å². The lowest BCUT2D eigenvalue weighted by molar-refractivity contribution is 0.268. The number of nitrogens with one attached hydrogen (secondary N) is 1. The van der Waals surface area contributed by atoms with Gasteiger partial charge in [-0.25, -0.2) is 0 Å². The maximum absolute atomic E-state index is 8.85. The molecule has 0 aliphatic carbocycles. The minimum absolute atomic E-state index is 0.0365. The van der Waals surface area contributed by atoms with Gasteiger partial charge in [0.05, 0.1) is 0 Å². The highest BCUT2D eigenvalue weighted by Crippen LogP contribution is 2.19. The van der Waals surface area contributed by atoms with E-state index in [0.29, 0.717) is 18.4 Å². The fourth-order valence-corrected chi connectivity index (χ4v) is 2.32. The van der Waals surface area contributed by atoms with E-state index in [2.05, 4.69) is 55.4 Å². The van der Waals surface area contributed by atoms with Crippen molar-refractivity contribution in [2.75, 3.05) is 20.6 Å². The fraction of sp³-hybridized carbons (Fsp3) is 0.562. The highest BCUT2D eigenvalue weighted by atomic mass is 16.4. The number of nitrogens with zero attached hydrogens (tertiary/aromatic N) is 2. The van der Waals surface area contributed by atoms with Crippen molar-refractivity contribution in [1.82, 2.24) is 10.2 Å². The highest BCUT2D eigenvalue weighted by molar-refractivity contribution is 5.80. The van der Waals surface area contributed by atoms with Gasteiger partial charge in [-0.05, 0) is 25.6 Å². The molecule has 0 amide bonds. The Bertz CT molecular complexity index is 431. The lowest BCUT2D eigenvalue weighted by Crippen LogP contribution is -2.44. The Hall–Kier alpha value is -1.59. The van der Waals surface area contributed by atoms with Crippen LogP contribution in [0.25, 0.3) is 0 Å². The molecule has 4 N–H and O–H groups in total. The summed E-state index contributed by atoms with van der Waals surface area (Å²) in [6, 6.07) is 10.5. The molecular formula is C16H28N4O. The zero-order valence-corrected chi connectivity index (χ0v) is 13.5. The van der Waals surface area contributed by atoms with Gasteiger partial charge in [-0.1, -0.05) is 49.3 Å². The minimum Gasteiger partial charge on any atom is -0.409 e. The monoisotopic (exact) mass is 292 g/mol. The van der Waals surface area contributed by atoms with Crippen LogP contribution in [0.1, 0.15) is 31.9 Å². The Kier molecular flexibility index (Phi) is 7.19. The van der Waals surface area contributed by atoms with Gasteiger partial charge in [-0.15, -0.1) is 0 Å². The summed E-state index contributed by atoms with van der Waals surface area (Å²) < 4.78 is 0. The van der Waals surface area contributed by atoms with Gasteiger partial charge >= 0.3 is 0 Å². The Morgan fingerprint density at radius 2 is 1.90 bits per heavy atom. The van der Waals surface area contributed by atoms with Gasteiger partial charge in [0.25, 0.3) is 0 Å².